The number of thiazole rings is 1. The van der Waals surface area contributed by atoms with E-state index >= 15 is 0 Å². The number of fused-ring (bicyclic) bond motifs is 1. The molecule has 1 atom stereocenters. The van der Waals surface area contributed by atoms with Crippen molar-refractivity contribution >= 4 is 33.4 Å². The molecule has 6 nitrogen and oxygen atoms in total. The fourth-order valence-electron chi connectivity index (χ4n) is 2.43. The van der Waals surface area contributed by atoms with Gasteiger partial charge in [0.15, 0.2) is 0 Å². The maximum Gasteiger partial charge on any atom is 0.326 e. The van der Waals surface area contributed by atoms with Crippen molar-refractivity contribution in [1.29, 1.82) is 0 Å². The van der Waals surface area contributed by atoms with Crippen LogP contribution < -0.4 is 5.32 Å². The number of carbonyl (C=O) groups excluding carboxylic acids is 1. The summed E-state index contributed by atoms with van der Waals surface area (Å²) in [5.74, 6) is -1.30. The fraction of sp³-hybridized carbons (Fsp3) is 0.526. The normalized spacial score (nSPS) is 12.9. The molecule has 2 N–H and O–H groups in total. The number of carbonyl (C=O) groups is 2. The minimum Gasteiger partial charge on any atom is -0.480 e. The van der Waals surface area contributed by atoms with Gasteiger partial charge >= 0.3 is 5.97 Å². The van der Waals surface area contributed by atoms with Crippen LogP contribution in [0, 0.1) is 0 Å². The Morgan fingerprint density at radius 3 is 2.69 bits per heavy atom. The highest BCUT2D eigenvalue weighted by Crippen LogP contribution is 2.22. The lowest BCUT2D eigenvalue weighted by Crippen LogP contribution is -2.42. The maximum atomic E-state index is 12.0. The van der Waals surface area contributed by atoms with Crippen LogP contribution in [0.4, 0.5) is 0 Å². The molecule has 2 rings (SSSR count). The molecule has 0 saturated carbocycles. The van der Waals surface area contributed by atoms with E-state index in [-0.39, 0.29) is 31.0 Å². The first kappa shape index (κ1) is 20.3. The number of nitrogens with zero attached hydrogens (tertiary/aromatic N) is 1. The standard InChI is InChI=1S/C19H26N2O4S/c1-19(2,3)25-12-11-14(18(23)24)20-16(22)9-6-10-17-21-13-7-4-5-8-15(13)26-17/h4-5,7-8,14H,6,9-12H2,1-3H3,(H,20,22)(H,23,24). The number of hydrogen-bond acceptors (Lipinski definition) is 5. The third kappa shape index (κ3) is 6.72. The summed E-state index contributed by atoms with van der Waals surface area (Å²) in [5, 5.41) is 12.8. The minimum atomic E-state index is -1.04. The van der Waals surface area contributed by atoms with Gasteiger partial charge in [0.05, 0.1) is 20.8 Å². The van der Waals surface area contributed by atoms with Gasteiger partial charge in [-0.1, -0.05) is 12.1 Å². The molecule has 7 heteroatoms. The van der Waals surface area contributed by atoms with Gasteiger partial charge in [0, 0.05) is 19.4 Å². The second-order valence-corrected chi connectivity index (χ2v) is 8.25. The molecular formula is C19H26N2O4S. The number of aliphatic carboxylic acids is 1. The topological polar surface area (TPSA) is 88.5 Å². The van der Waals surface area contributed by atoms with Crippen molar-refractivity contribution in [2.75, 3.05) is 6.61 Å². The van der Waals surface area contributed by atoms with Crippen LogP contribution in [0.1, 0.15) is 45.0 Å². The van der Waals surface area contributed by atoms with E-state index < -0.39 is 12.0 Å². The largest absolute Gasteiger partial charge is 0.480 e. The number of ether oxygens (including phenoxy) is 1. The van der Waals surface area contributed by atoms with Gasteiger partial charge in [-0.2, -0.15) is 0 Å². The quantitative estimate of drug-likeness (QED) is 0.698. The van der Waals surface area contributed by atoms with Crippen LogP contribution in [-0.4, -0.2) is 40.2 Å². The van der Waals surface area contributed by atoms with Crippen LogP contribution in [0.3, 0.4) is 0 Å². The van der Waals surface area contributed by atoms with Crippen LogP contribution in [0.2, 0.25) is 0 Å². The van der Waals surface area contributed by atoms with Crippen LogP contribution in [-0.2, 0) is 20.7 Å². The lowest BCUT2D eigenvalue weighted by molar-refractivity contribution is -0.142. The summed E-state index contributed by atoms with van der Waals surface area (Å²) in [6.45, 7) is 6.00. The van der Waals surface area contributed by atoms with Crippen LogP contribution in [0.5, 0.6) is 0 Å². The van der Waals surface area contributed by atoms with E-state index in [0.717, 1.165) is 15.2 Å². The molecule has 1 heterocycles. The number of aromatic nitrogens is 1. The zero-order chi connectivity index (χ0) is 19.2. The Morgan fingerprint density at radius 1 is 1.31 bits per heavy atom. The molecule has 0 aliphatic rings. The number of aryl methyl sites for hydroxylation is 1. The maximum absolute atomic E-state index is 12.0. The Hall–Kier alpha value is -1.99. The van der Waals surface area contributed by atoms with Crippen molar-refractivity contribution in [1.82, 2.24) is 10.3 Å². The Kier molecular flexibility index (Phi) is 7.11. The van der Waals surface area contributed by atoms with Gasteiger partial charge in [0.2, 0.25) is 5.91 Å². The van der Waals surface area contributed by atoms with E-state index in [4.69, 9.17) is 4.74 Å². The number of rotatable bonds is 9. The first-order valence-corrected chi connectivity index (χ1v) is 9.57. The Balaban J connectivity index is 1.75. The van der Waals surface area contributed by atoms with Gasteiger partial charge in [-0.05, 0) is 45.7 Å². The van der Waals surface area contributed by atoms with E-state index in [1.807, 2.05) is 45.0 Å². The van der Waals surface area contributed by atoms with Gasteiger partial charge in [-0.3, -0.25) is 4.79 Å². The lowest BCUT2D eigenvalue weighted by Gasteiger charge is -2.21. The molecule has 1 amide bonds. The predicted molar refractivity (Wildman–Crippen MR) is 102 cm³/mol. The summed E-state index contributed by atoms with van der Waals surface area (Å²) in [5.41, 5.74) is 0.645. The molecule has 142 valence electrons. The summed E-state index contributed by atoms with van der Waals surface area (Å²) < 4.78 is 6.67. The Labute approximate surface area is 157 Å². The Morgan fingerprint density at radius 2 is 2.04 bits per heavy atom. The van der Waals surface area contributed by atoms with Crippen molar-refractivity contribution in [2.45, 2.75) is 58.1 Å². The van der Waals surface area contributed by atoms with Crippen LogP contribution in [0.15, 0.2) is 24.3 Å². The average molecular weight is 378 g/mol. The molecule has 0 spiro atoms. The lowest BCUT2D eigenvalue weighted by atomic mass is 10.1. The third-order valence-corrected chi connectivity index (χ3v) is 4.80. The van der Waals surface area contributed by atoms with Crippen LogP contribution >= 0.6 is 11.3 Å². The van der Waals surface area contributed by atoms with Gasteiger partial charge in [0.25, 0.3) is 0 Å². The highest BCUT2D eigenvalue weighted by atomic mass is 32.1. The number of para-hydroxylation sites is 1. The number of nitrogens with one attached hydrogen (secondary N) is 1. The van der Waals surface area contributed by atoms with Crippen molar-refractivity contribution in [2.24, 2.45) is 0 Å². The summed E-state index contributed by atoms with van der Waals surface area (Å²) in [6, 6.07) is 7.01. The predicted octanol–water partition coefficient (Wildman–Crippen LogP) is 3.39. The molecule has 26 heavy (non-hydrogen) atoms. The van der Waals surface area contributed by atoms with Crippen LogP contribution in [0.25, 0.3) is 10.2 Å². The van der Waals surface area contributed by atoms with Crippen molar-refractivity contribution in [3.05, 3.63) is 29.3 Å². The summed E-state index contributed by atoms with van der Waals surface area (Å²) in [7, 11) is 0. The van der Waals surface area contributed by atoms with Gasteiger partial charge in [-0.15, -0.1) is 11.3 Å². The second kappa shape index (κ2) is 9.09. The minimum absolute atomic E-state index is 0.246. The molecule has 0 bridgehead atoms. The number of amides is 1. The highest BCUT2D eigenvalue weighted by Gasteiger charge is 2.21. The number of benzene rings is 1. The fourth-order valence-corrected chi connectivity index (χ4v) is 3.44. The molecule has 1 unspecified atom stereocenters. The van der Waals surface area contributed by atoms with Gasteiger partial charge in [0.1, 0.15) is 6.04 Å². The molecule has 0 fully saturated rings. The average Bonchev–Trinajstić information content (AvgIpc) is 2.95. The zero-order valence-corrected chi connectivity index (χ0v) is 16.3. The first-order valence-electron chi connectivity index (χ1n) is 8.75. The smallest absolute Gasteiger partial charge is 0.326 e. The highest BCUT2D eigenvalue weighted by molar-refractivity contribution is 7.18. The van der Waals surface area contributed by atoms with E-state index in [9.17, 15) is 14.7 Å². The molecule has 0 saturated heterocycles. The molecular weight excluding hydrogens is 352 g/mol. The molecule has 0 radical (unpaired) electrons. The molecule has 0 aliphatic carbocycles. The van der Waals surface area contributed by atoms with E-state index in [1.54, 1.807) is 11.3 Å². The van der Waals surface area contributed by atoms with Crippen molar-refractivity contribution in [3.8, 4) is 0 Å². The second-order valence-electron chi connectivity index (χ2n) is 7.14. The zero-order valence-electron chi connectivity index (χ0n) is 15.4. The molecule has 1 aromatic carbocycles. The monoisotopic (exact) mass is 378 g/mol. The van der Waals surface area contributed by atoms with Gasteiger partial charge in [-0.25, -0.2) is 9.78 Å². The number of hydrogen-bond donors (Lipinski definition) is 2. The third-order valence-electron chi connectivity index (χ3n) is 3.71. The number of carboxylic acids is 1. The van der Waals surface area contributed by atoms with E-state index in [0.29, 0.717) is 12.8 Å². The molecule has 2 aromatic rings. The first-order chi connectivity index (χ1) is 12.2. The molecule has 1 aromatic heterocycles. The van der Waals surface area contributed by atoms with Crippen molar-refractivity contribution in [3.63, 3.8) is 0 Å². The SMILES string of the molecule is CC(C)(C)OCCC(NC(=O)CCCc1nc2ccccc2s1)C(=O)O. The van der Waals surface area contributed by atoms with E-state index in [2.05, 4.69) is 10.3 Å². The number of carboxylic acid groups (broad SMARTS) is 1. The summed E-state index contributed by atoms with van der Waals surface area (Å²) in [4.78, 5) is 27.9. The summed E-state index contributed by atoms with van der Waals surface area (Å²) >= 11 is 1.63. The van der Waals surface area contributed by atoms with Crippen molar-refractivity contribution < 1.29 is 19.4 Å². The van der Waals surface area contributed by atoms with Gasteiger partial charge < -0.3 is 15.2 Å². The summed E-state index contributed by atoms with van der Waals surface area (Å²) in [6.07, 6.45) is 1.87. The Bertz CT molecular complexity index is 718. The molecule has 0 aliphatic heterocycles. The van der Waals surface area contributed by atoms with E-state index in [1.165, 1.54) is 0 Å².